The van der Waals surface area contributed by atoms with Gasteiger partial charge in [-0.25, -0.2) is 5.43 Å². The molecule has 3 fully saturated rings. The maximum absolute atomic E-state index is 12.4. The summed E-state index contributed by atoms with van der Waals surface area (Å²) in [4.78, 5) is 16.4. The molecule has 0 saturated heterocycles. The number of hydrazone groups is 1. The maximum Gasteiger partial charge on any atom is 0.271 e. The maximum atomic E-state index is 12.4. The van der Waals surface area contributed by atoms with E-state index in [1.165, 1.54) is 50.7 Å². The van der Waals surface area contributed by atoms with Gasteiger partial charge in [-0.2, -0.15) is 5.10 Å². The average Bonchev–Trinajstić information content (AvgIpc) is 3.08. The third-order valence-electron chi connectivity index (χ3n) is 9.19. The monoisotopic (exact) mass is 391 g/mol. The molecule has 0 radical (unpaired) electrons. The summed E-state index contributed by atoms with van der Waals surface area (Å²) in [5.41, 5.74) is 5.32. The van der Waals surface area contributed by atoms with E-state index in [2.05, 4.69) is 41.5 Å². The number of aromatic nitrogens is 1. The van der Waals surface area contributed by atoms with Crippen molar-refractivity contribution in [2.45, 2.75) is 65.2 Å². The fraction of sp³-hybridized carbons (Fsp3) is 0.640. The Morgan fingerprint density at radius 1 is 1.10 bits per heavy atom. The van der Waals surface area contributed by atoms with Crippen molar-refractivity contribution in [2.24, 2.45) is 39.6 Å². The van der Waals surface area contributed by atoms with Crippen LogP contribution in [0.25, 0.3) is 0 Å². The number of hydrogen-bond acceptors (Lipinski definition) is 3. The summed E-state index contributed by atoms with van der Waals surface area (Å²) >= 11 is 0. The fourth-order valence-electron chi connectivity index (χ4n) is 7.50. The van der Waals surface area contributed by atoms with Crippen LogP contribution in [0, 0.1) is 34.5 Å². The van der Waals surface area contributed by atoms with Crippen molar-refractivity contribution in [3.8, 4) is 0 Å². The van der Waals surface area contributed by atoms with Gasteiger partial charge in [-0.1, -0.05) is 26.0 Å². The number of fused-ring (bicyclic) bond motifs is 5. The van der Waals surface area contributed by atoms with Crippen molar-refractivity contribution in [3.63, 3.8) is 0 Å². The van der Waals surface area contributed by atoms with Gasteiger partial charge in [0.15, 0.2) is 0 Å². The molecule has 1 amide bonds. The van der Waals surface area contributed by atoms with E-state index in [1.54, 1.807) is 24.5 Å². The summed E-state index contributed by atoms with van der Waals surface area (Å²) in [6, 6.07) is 3.47. The molecule has 1 aromatic rings. The number of nitrogens with zero attached hydrogens (tertiary/aromatic N) is 2. The lowest BCUT2D eigenvalue weighted by molar-refractivity contribution is -0.0761. The largest absolute Gasteiger partial charge is 0.271 e. The van der Waals surface area contributed by atoms with Crippen LogP contribution in [0.5, 0.6) is 0 Å². The Morgan fingerprint density at radius 3 is 2.76 bits per heavy atom. The number of pyridine rings is 1. The first-order chi connectivity index (χ1) is 14.0. The van der Waals surface area contributed by atoms with Crippen molar-refractivity contribution in [1.29, 1.82) is 0 Å². The predicted molar refractivity (Wildman–Crippen MR) is 115 cm³/mol. The summed E-state index contributed by atoms with van der Waals surface area (Å²) in [7, 11) is 0. The molecular weight excluding hydrogens is 358 g/mol. The van der Waals surface area contributed by atoms with Gasteiger partial charge in [-0.05, 0) is 92.6 Å². The molecular formula is C25H33N3O. The number of amides is 1. The Hall–Kier alpha value is -1.97. The van der Waals surface area contributed by atoms with Crippen LogP contribution in [-0.4, -0.2) is 16.6 Å². The van der Waals surface area contributed by atoms with Crippen molar-refractivity contribution < 1.29 is 4.79 Å². The van der Waals surface area contributed by atoms with E-state index in [9.17, 15) is 4.79 Å². The number of carbonyl (C=O) groups excluding carboxylic acids is 1. The highest BCUT2D eigenvalue weighted by atomic mass is 16.2. The van der Waals surface area contributed by atoms with Crippen LogP contribution >= 0.6 is 0 Å². The topological polar surface area (TPSA) is 54.4 Å². The molecule has 4 aliphatic rings. The lowest BCUT2D eigenvalue weighted by atomic mass is 9.46. The van der Waals surface area contributed by atoms with Gasteiger partial charge in [0.25, 0.3) is 5.91 Å². The second-order valence-corrected chi connectivity index (χ2v) is 10.3. The Kier molecular flexibility index (Phi) is 4.64. The second-order valence-electron chi connectivity index (χ2n) is 10.3. The summed E-state index contributed by atoms with van der Waals surface area (Å²) in [5, 5.41) is 4.68. The van der Waals surface area contributed by atoms with Gasteiger partial charge in [-0.3, -0.25) is 9.78 Å². The van der Waals surface area contributed by atoms with Crippen LogP contribution in [0.3, 0.4) is 0 Å². The van der Waals surface area contributed by atoms with Crippen LogP contribution in [0.2, 0.25) is 0 Å². The van der Waals surface area contributed by atoms with Crippen molar-refractivity contribution >= 4 is 11.6 Å². The minimum atomic E-state index is -0.136. The molecule has 5 rings (SSSR count). The summed E-state index contributed by atoms with van der Waals surface area (Å²) in [6.07, 6.45) is 18.3. The zero-order valence-corrected chi connectivity index (χ0v) is 17.7. The highest BCUT2D eigenvalue weighted by Gasteiger charge is 2.58. The van der Waals surface area contributed by atoms with Crippen molar-refractivity contribution in [1.82, 2.24) is 10.4 Å². The summed E-state index contributed by atoms with van der Waals surface area (Å²) in [5.74, 6) is 3.15. The van der Waals surface area contributed by atoms with Crippen LogP contribution in [0.1, 0.15) is 75.6 Å². The number of hydrogen-bond donors (Lipinski definition) is 1. The quantitative estimate of drug-likeness (QED) is 0.544. The average molecular weight is 392 g/mol. The molecule has 4 aliphatic carbocycles. The van der Waals surface area contributed by atoms with Crippen LogP contribution < -0.4 is 5.43 Å². The minimum Gasteiger partial charge on any atom is -0.267 e. The number of rotatable bonds is 2. The predicted octanol–water partition coefficient (Wildman–Crippen LogP) is 5.38. The third-order valence-corrected chi connectivity index (χ3v) is 9.19. The van der Waals surface area contributed by atoms with Gasteiger partial charge in [0, 0.05) is 29.1 Å². The van der Waals surface area contributed by atoms with E-state index in [-0.39, 0.29) is 11.3 Å². The number of nitrogens with one attached hydrogen (secondary N) is 1. The molecule has 1 N–H and O–H groups in total. The molecule has 1 aromatic heterocycles. The smallest absolute Gasteiger partial charge is 0.267 e. The standard InChI is InChI=1S/C25H33N3O/c1-24-13-4-3-5-18(24)6-7-19-20-8-9-22(25(20,2)14-10-21(19)24)27-28-23(29)17-11-15-26-16-12-17/h3-4,11-12,15-16,18-21H,5-10,13-14H2,1-2H3,(H,28,29)/b27-22-/t18-,19-,20-,21-,24+,25-/m1/s1. The van der Waals surface area contributed by atoms with Gasteiger partial charge in [0.2, 0.25) is 0 Å². The number of carbonyl (C=O) groups is 1. The molecule has 0 aliphatic heterocycles. The second kappa shape index (κ2) is 7.07. The van der Waals surface area contributed by atoms with Crippen LogP contribution in [-0.2, 0) is 0 Å². The Morgan fingerprint density at radius 2 is 1.93 bits per heavy atom. The molecule has 29 heavy (non-hydrogen) atoms. The van der Waals surface area contributed by atoms with E-state index in [0.717, 1.165) is 30.1 Å². The Labute approximate surface area is 174 Å². The van der Waals surface area contributed by atoms with Crippen LogP contribution in [0.4, 0.5) is 0 Å². The molecule has 1 heterocycles. The molecule has 6 atom stereocenters. The lowest BCUT2D eigenvalue weighted by Gasteiger charge is -2.59. The lowest BCUT2D eigenvalue weighted by Crippen LogP contribution is -2.52. The van der Waals surface area contributed by atoms with Crippen molar-refractivity contribution in [2.75, 3.05) is 0 Å². The SMILES string of the molecule is C[C@]12CC=CC[C@@H]1CC[C@H]1[C@H]2CC[C@@]2(C)/C(=N\NC(=O)c3ccncc3)CC[C@H]12. The van der Waals surface area contributed by atoms with E-state index < -0.39 is 0 Å². The zero-order chi connectivity index (χ0) is 20.1. The normalized spacial score (nSPS) is 42.1. The van der Waals surface area contributed by atoms with Gasteiger partial charge >= 0.3 is 0 Å². The molecule has 0 bridgehead atoms. The van der Waals surface area contributed by atoms with E-state index in [4.69, 9.17) is 0 Å². The van der Waals surface area contributed by atoms with E-state index >= 15 is 0 Å². The molecule has 4 heteroatoms. The molecule has 4 nitrogen and oxygen atoms in total. The number of allylic oxidation sites excluding steroid dienone is 2. The molecule has 0 unspecified atom stereocenters. The zero-order valence-electron chi connectivity index (χ0n) is 17.7. The summed E-state index contributed by atoms with van der Waals surface area (Å²) in [6.45, 7) is 5.01. The molecule has 3 saturated carbocycles. The third kappa shape index (κ3) is 2.98. The Bertz CT molecular complexity index is 847. The van der Waals surface area contributed by atoms with Gasteiger partial charge in [0.1, 0.15) is 0 Å². The molecule has 0 aromatic carbocycles. The first kappa shape index (κ1) is 19.0. The molecule has 154 valence electrons. The minimum absolute atomic E-state index is 0.136. The molecule has 0 spiro atoms. The van der Waals surface area contributed by atoms with E-state index in [0.29, 0.717) is 11.0 Å². The highest BCUT2D eigenvalue weighted by molar-refractivity contribution is 5.97. The van der Waals surface area contributed by atoms with Gasteiger partial charge in [-0.15, -0.1) is 0 Å². The first-order valence-electron chi connectivity index (χ1n) is 11.4. The van der Waals surface area contributed by atoms with Gasteiger partial charge < -0.3 is 0 Å². The fourth-order valence-corrected chi connectivity index (χ4v) is 7.50. The van der Waals surface area contributed by atoms with E-state index in [1.807, 2.05) is 0 Å². The first-order valence-corrected chi connectivity index (χ1v) is 11.4. The van der Waals surface area contributed by atoms with Crippen molar-refractivity contribution in [3.05, 3.63) is 42.2 Å². The van der Waals surface area contributed by atoms with Crippen LogP contribution in [0.15, 0.2) is 41.8 Å². The summed E-state index contributed by atoms with van der Waals surface area (Å²) < 4.78 is 0. The highest BCUT2D eigenvalue weighted by Crippen LogP contribution is 2.64. The van der Waals surface area contributed by atoms with Gasteiger partial charge in [0.05, 0.1) is 0 Å². The Balaban J connectivity index is 1.35.